The number of hydrogen-bond acceptors (Lipinski definition) is 8. The van der Waals surface area contributed by atoms with Gasteiger partial charge in [0.05, 0.1) is 24.3 Å². The minimum atomic E-state index is -0.519. The molecule has 0 saturated heterocycles. The molecule has 8 nitrogen and oxygen atoms in total. The van der Waals surface area contributed by atoms with Crippen LogP contribution in [0.3, 0.4) is 0 Å². The van der Waals surface area contributed by atoms with Crippen LogP contribution in [0.4, 0.5) is 16.2 Å². The Kier molecular flexibility index (Phi) is 4.45. The molecule has 0 aliphatic heterocycles. The first-order valence-corrected chi connectivity index (χ1v) is 8.61. The van der Waals surface area contributed by atoms with Crippen LogP contribution in [0, 0.1) is 17.1 Å². The molecule has 0 atom stereocenters. The van der Waals surface area contributed by atoms with Crippen molar-refractivity contribution >= 4 is 11.8 Å². The minimum Gasteiger partial charge on any atom is -0.450 e. The van der Waals surface area contributed by atoms with E-state index in [1.807, 2.05) is 12.1 Å². The van der Waals surface area contributed by atoms with E-state index in [9.17, 15) is 4.39 Å². The van der Waals surface area contributed by atoms with Gasteiger partial charge in [-0.25, -0.2) is 14.4 Å². The standard InChI is InChI=1S/C19H16FN7O/c20-13-5-10(11-3-12(4-11)15-7-25-18(22)9-24-15)1-2-16(13)28-17-8-26-19(23)27-14(17)6-21/h1-2,5,7-9,11-12H,3-4H2,(H2,22,25)(H2,23,26,27). The highest BCUT2D eigenvalue weighted by molar-refractivity contribution is 5.43. The third-order valence-electron chi connectivity index (χ3n) is 4.78. The predicted octanol–water partition coefficient (Wildman–Crippen LogP) is 2.90. The molecular formula is C19H16FN7O. The van der Waals surface area contributed by atoms with Crippen molar-refractivity contribution in [2.24, 2.45) is 0 Å². The highest BCUT2D eigenvalue weighted by Gasteiger charge is 2.33. The van der Waals surface area contributed by atoms with E-state index in [1.165, 1.54) is 12.3 Å². The van der Waals surface area contributed by atoms with Crippen molar-refractivity contribution in [2.45, 2.75) is 24.7 Å². The summed E-state index contributed by atoms with van der Waals surface area (Å²) in [6.45, 7) is 0. The zero-order valence-electron chi connectivity index (χ0n) is 14.7. The molecule has 0 radical (unpaired) electrons. The van der Waals surface area contributed by atoms with Gasteiger partial charge in [-0.3, -0.25) is 4.98 Å². The van der Waals surface area contributed by atoms with E-state index in [-0.39, 0.29) is 29.1 Å². The maximum Gasteiger partial charge on any atom is 0.221 e. The summed E-state index contributed by atoms with van der Waals surface area (Å²) in [5.41, 5.74) is 12.7. The summed E-state index contributed by atoms with van der Waals surface area (Å²) >= 11 is 0. The van der Waals surface area contributed by atoms with Crippen molar-refractivity contribution < 1.29 is 9.13 Å². The molecule has 4 N–H and O–H groups in total. The van der Waals surface area contributed by atoms with Crippen molar-refractivity contribution in [3.8, 4) is 17.6 Å². The summed E-state index contributed by atoms with van der Waals surface area (Å²) < 4.78 is 20.0. The number of hydrogen-bond donors (Lipinski definition) is 2. The van der Waals surface area contributed by atoms with E-state index in [0.717, 1.165) is 24.1 Å². The number of ether oxygens (including phenoxy) is 1. The molecule has 0 unspecified atom stereocenters. The zero-order chi connectivity index (χ0) is 19.7. The topological polar surface area (TPSA) is 137 Å². The van der Waals surface area contributed by atoms with Gasteiger partial charge < -0.3 is 16.2 Å². The molecule has 28 heavy (non-hydrogen) atoms. The first kappa shape index (κ1) is 17.6. The van der Waals surface area contributed by atoms with Gasteiger partial charge in [-0.05, 0) is 36.5 Å². The lowest BCUT2D eigenvalue weighted by Crippen LogP contribution is -2.21. The van der Waals surface area contributed by atoms with Crippen molar-refractivity contribution in [1.29, 1.82) is 5.26 Å². The van der Waals surface area contributed by atoms with E-state index >= 15 is 0 Å². The Labute approximate surface area is 160 Å². The largest absolute Gasteiger partial charge is 0.450 e. The molecule has 1 aliphatic rings. The molecule has 4 rings (SSSR count). The first-order chi connectivity index (χ1) is 13.5. The summed E-state index contributed by atoms with van der Waals surface area (Å²) in [4.78, 5) is 15.9. The summed E-state index contributed by atoms with van der Waals surface area (Å²) in [6, 6.07) is 6.66. The van der Waals surface area contributed by atoms with Crippen molar-refractivity contribution in [1.82, 2.24) is 19.9 Å². The van der Waals surface area contributed by atoms with E-state index in [1.54, 1.807) is 18.5 Å². The molecule has 2 aromatic heterocycles. The fraction of sp³-hybridized carbons (Fsp3) is 0.211. The molecular weight excluding hydrogens is 361 g/mol. The number of aromatic nitrogens is 4. The lowest BCUT2D eigenvalue weighted by Gasteiger charge is -2.35. The van der Waals surface area contributed by atoms with Crippen molar-refractivity contribution in [3.63, 3.8) is 0 Å². The fourth-order valence-corrected chi connectivity index (χ4v) is 3.20. The van der Waals surface area contributed by atoms with Crippen LogP contribution < -0.4 is 16.2 Å². The number of nitrogen functional groups attached to an aromatic ring is 2. The Bertz CT molecular complexity index is 1060. The third kappa shape index (κ3) is 3.40. The maximum absolute atomic E-state index is 14.5. The summed E-state index contributed by atoms with van der Waals surface area (Å²) in [5, 5.41) is 9.09. The van der Waals surface area contributed by atoms with Gasteiger partial charge in [-0.15, -0.1) is 0 Å². The van der Waals surface area contributed by atoms with Crippen LogP contribution in [0.1, 0.15) is 41.6 Å². The predicted molar refractivity (Wildman–Crippen MR) is 98.8 cm³/mol. The Hall–Kier alpha value is -3.80. The van der Waals surface area contributed by atoms with Crippen molar-refractivity contribution in [2.75, 3.05) is 11.5 Å². The molecule has 3 aromatic rings. The molecule has 1 fully saturated rings. The SMILES string of the molecule is N#Cc1nc(N)ncc1Oc1ccc(C2CC(c3cnc(N)cn3)C2)cc1F. The van der Waals surface area contributed by atoms with Gasteiger partial charge in [0, 0.05) is 5.92 Å². The quantitative estimate of drug-likeness (QED) is 0.708. The Morgan fingerprint density at radius 2 is 1.86 bits per heavy atom. The van der Waals surface area contributed by atoms with E-state index in [0.29, 0.717) is 11.7 Å². The highest BCUT2D eigenvalue weighted by atomic mass is 19.1. The molecule has 0 bridgehead atoms. The maximum atomic E-state index is 14.5. The Morgan fingerprint density at radius 1 is 1.04 bits per heavy atom. The monoisotopic (exact) mass is 377 g/mol. The molecule has 1 aromatic carbocycles. The van der Waals surface area contributed by atoms with E-state index < -0.39 is 5.82 Å². The molecule has 2 heterocycles. The number of rotatable bonds is 4. The lowest BCUT2D eigenvalue weighted by atomic mass is 9.70. The summed E-state index contributed by atoms with van der Waals surface area (Å²) in [7, 11) is 0. The second kappa shape index (κ2) is 7.08. The summed E-state index contributed by atoms with van der Waals surface area (Å²) in [5.74, 6) is 0.398. The number of anilines is 2. The Morgan fingerprint density at radius 3 is 2.54 bits per heavy atom. The number of nitrogens with two attached hydrogens (primary N) is 2. The van der Waals surface area contributed by atoms with E-state index in [2.05, 4.69) is 19.9 Å². The van der Waals surface area contributed by atoms with E-state index in [4.69, 9.17) is 21.5 Å². The van der Waals surface area contributed by atoms with Crippen LogP contribution in [0.2, 0.25) is 0 Å². The van der Waals surface area contributed by atoms with Crippen LogP contribution >= 0.6 is 0 Å². The fourth-order valence-electron chi connectivity index (χ4n) is 3.20. The van der Waals surface area contributed by atoms with Crippen LogP contribution in [0.5, 0.6) is 11.5 Å². The van der Waals surface area contributed by atoms with Crippen LogP contribution in [0.25, 0.3) is 0 Å². The number of nitrogens with zero attached hydrogens (tertiary/aromatic N) is 5. The average Bonchev–Trinajstić information content (AvgIpc) is 2.65. The van der Waals surface area contributed by atoms with Gasteiger partial charge in [0.25, 0.3) is 0 Å². The molecule has 9 heteroatoms. The zero-order valence-corrected chi connectivity index (χ0v) is 14.7. The van der Waals surface area contributed by atoms with Gasteiger partial charge >= 0.3 is 0 Å². The van der Waals surface area contributed by atoms with Gasteiger partial charge in [-0.2, -0.15) is 10.2 Å². The smallest absolute Gasteiger partial charge is 0.221 e. The van der Waals surface area contributed by atoms with Gasteiger partial charge in [-0.1, -0.05) is 6.07 Å². The van der Waals surface area contributed by atoms with Gasteiger partial charge in [0.15, 0.2) is 23.0 Å². The van der Waals surface area contributed by atoms with Gasteiger partial charge in [0.1, 0.15) is 11.9 Å². The molecule has 1 saturated carbocycles. The third-order valence-corrected chi connectivity index (χ3v) is 4.78. The number of benzene rings is 1. The number of halogens is 1. The molecule has 0 amide bonds. The van der Waals surface area contributed by atoms with Crippen LogP contribution in [-0.4, -0.2) is 19.9 Å². The first-order valence-electron chi connectivity index (χ1n) is 8.61. The number of nitriles is 1. The average molecular weight is 377 g/mol. The molecule has 0 spiro atoms. The van der Waals surface area contributed by atoms with Gasteiger partial charge in [0.2, 0.25) is 5.95 Å². The highest BCUT2D eigenvalue weighted by Crippen LogP contribution is 2.47. The van der Waals surface area contributed by atoms with Crippen LogP contribution in [-0.2, 0) is 0 Å². The second-order valence-electron chi connectivity index (χ2n) is 6.58. The Balaban J connectivity index is 1.46. The minimum absolute atomic E-state index is 0.00565. The van der Waals surface area contributed by atoms with Crippen LogP contribution in [0.15, 0.2) is 36.8 Å². The molecule has 140 valence electrons. The second-order valence-corrected chi connectivity index (χ2v) is 6.58. The summed E-state index contributed by atoms with van der Waals surface area (Å²) in [6.07, 6.45) is 6.21. The van der Waals surface area contributed by atoms with Crippen molar-refractivity contribution in [3.05, 3.63) is 59.6 Å². The normalized spacial score (nSPS) is 18.1. The molecule has 1 aliphatic carbocycles. The lowest BCUT2D eigenvalue weighted by molar-refractivity contribution is 0.342.